The number of halogens is 2. The first-order valence-electron chi connectivity index (χ1n) is 17.9. The van der Waals surface area contributed by atoms with Gasteiger partial charge in [0.2, 0.25) is 0 Å². The summed E-state index contributed by atoms with van der Waals surface area (Å²) in [6.07, 6.45) is 9.93. The smallest absolute Gasteiger partial charge is 0.416 e. The highest BCUT2D eigenvalue weighted by Crippen LogP contribution is 2.38. The van der Waals surface area contributed by atoms with Gasteiger partial charge in [-0.25, -0.2) is 14.6 Å². The highest BCUT2D eigenvalue weighted by atomic mass is 35.5. The number of carbonyl (C=O) groups is 2. The highest BCUT2D eigenvalue weighted by molar-refractivity contribution is 6.35. The van der Waals surface area contributed by atoms with Crippen molar-refractivity contribution in [1.82, 2.24) is 14.9 Å². The number of ether oxygens (including phenoxy) is 4. The van der Waals surface area contributed by atoms with Gasteiger partial charge in [0, 0.05) is 31.6 Å². The molecule has 0 unspecified atom stereocenters. The summed E-state index contributed by atoms with van der Waals surface area (Å²) in [7, 11) is 1.60. The summed E-state index contributed by atoms with van der Waals surface area (Å²) in [4.78, 5) is 39.8. The number of esters is 1. The van der Waals surface area contributed by atoms with E-state index in [9.17, 15) is 9.59 Å². The lowest BCUT2D eigenvalue weighted by atomic mass is 9.86. The zero-order valence-corrected chi connectivity index (χ0v) is 30.6. The molecule has 3 aliphatic heterocycles. The number of nitrogens with zero attached hydrogens (tertiary/aromatic N) is 4. The largest absolute Gasteiger partial charge is 0.493 e. The van der Waals surface area contributed by atoms with Gasteiger partial charge in [-0.05, 0) is 111 Å². The highest BCUT2D eigenvalue weighted by Gasteiger charge is 2.37. The number of rotatable bonds is 12. The molecule has 0 spiro atoms. The quantitative estimate of drug-likeness (QED) is 0.132. The molecule has 3 saturated heterocycles. The first-order valence-corrected chi connectivity index (χ1v) is 18.6. The summed E-state index contributed by atoms with van der Waals surface area (Å²) < 4.78 is 24.2. The van der Waals surface area contributed by atoms with Gasteiger partial charge in [-0.2, -0.15) is 0 Å². The number of hydrogen-bond acceptors (Lipinski definition) is 9. The van der Waals surface area contributed by atoms with Gasteiger partial charge in [0.05, 0.1) is 35.4 Å². The van der Waals surface area contributed by atoms with E-state index in [0.29, 0.717) is 50.0 Å². The lowest BCUT2D eigenvalue weighted by molar-refractivity contribution is -0.0311. The summed E-state index contributed by atoms with van der Waals surface area (Å²) in [6, 6.07) is 18.0. The number of anilines is 1. The second-order valence-corrected chi connectivity index (χ2v) is 14.5. The molecule has 2 bridgehead atoms. The van der Waals surface area contributed by atoms with Gasteiger partial charge >= 0.3 is 12.1 Å². The molecule has 1 saturated carbocycles. The van der Waals surface area contributed by atoms with Crippen molar-refractivity contribution in [3.63, 3.8) is 0 Å². The first kappa shape index (κ1) is 36.0. The van der Waals surface area contributed by atoms with Crippen molar-refractivity contribution in [3.8, 4) is 11.5 Å². The fraction of sp³-hybridized carbons (Fsp3) is 0.400. The van der Waals surface area contributed by atoms with Crippen molar-refractivity contribution in [2.75, 3.05) is 31.6 Å². The molecule has 272 valence electrons. The van der Waals surface area contributed by atoms with E-state index < -0.39 is 18.2 Å². The molecule has 5 heterocycles. The van der Waals surface area contributed by atoms with E-state index in [1.54, 1.807) is 49.7 Å². The zero-order chi connectivity index (χ0) is 36.0. The van der Waals surface area contributed by atoms with Gasteiger partial charge < -0.3 is 18.9 Å². The SMILES string of the molecule is COc1ccc([C@H](Cc2c(Cl)cncc2Cl)OC(=O)c2ccc(CN(C(=O)O[C@H]3CN4CCC3CC4)c3ccccn3)cc2)cc1OC1CCCC1. The van der Waals surface area contributed by atoms with Crippen LogP contribution in [0.15, 0.2) is 79.3 Å². The van der Waals surface area contributed by atoms with Crippen LogP contribution in [0.1, 0.15) is 71.7 Å². The van der Waals surface area contributed by atoms with E-state index in [1.807, 2.05) is 24.3 Å². The maximum absolute atomic E-state index is 13.8. The van der Waals surface area contributed by atoms with Crippen LogP contribution in [0.25, 0.3) is 0 Å². The number of methoxy groups -OCH3 is 1. The number of carbonyl (C=O) groups excluding carboxylic acids is 2. The molecular formula is C40H42Cl2N4O6. The first-order chi connectivity index (χ1) is 25.3. The fourth-order valence-electron chi connectivity index (χ4n) is 7.33. The maximum atomic E-state index is 13.8. The van der Waals surface area contributed by atoms with Gasteiger partial charge in [0.15, 0.2) is 11.5 Å². The van der Waals surface area contributed by atoms with Crippen molar-refractivity contribution in [2.45, 2.75) is 69.8 Å². The normalized spacial score (nSPS) is 20.2. The molecule has 2 aromatic carbocycles. The number of hydrogen-bond donors (Lipinski definition) is 0. The van der Waals surface area contributed by atoms with Gasteiger partial charge in [-0.3, -0.25) is 14.8 Å². The molecule has 0 N–H and O–H groups in total. The second-order valence-electron chi connectivity index (χ2n) is 13.6. The second kappa shape index (κ2) is 16.5. The minimum atomic E-state index is -0.762. The Balaban J connectivity index is 1.09. The third-order valence-electron chi connectivity index (χ3n) is 10.3. The van der Waals surface area contributed by atoms with Crippen LogP contribution in [0.4, 0.5) is 10.6 Å². The molecule has 52 heavy (non-hydrogen) atoms. The Bertz CT molecular complexity index is 1830. The Hall–Kier alpha value is -4.38. The Morgan fingerprint density at radius 3 is 2.35 bits per heavy atom. The van der Waals surface area contributed by atoms with Crippen LogP contribution in [0, 0.1) is 5.92 Å². The molecule has 2 aromatic heterocycles. The number of piperidine rings is 3. The topological polar surface area (TPSA) is 103 Å². The number of aromatic nitrogens is 2. The number of amides is 1. The number of pyridine rings is 2. The molecule has 4 aliphatic rings. The molecule has 4 fully saturated rings. The van der Waals surface area contributed by atoms with E-state index in [2.05, 4.69) is 14.9 Å². The van der Waals surface area contributed by atoms with Gasteiger partial charge in [0.25, 0.3) is 0 Å². The predicted molar refractivity (Wildman–Crippen MR) is 198 cm³/mol. The van der Waals surface area contributed by atoms with Crippen LogP contribution < -0.4 is 14.4 Å². The Kier molecular flexibility index (Phi) is 11.4. The van der Waals surface area contributed by atoms with Crippen LogP contribution in [-0.2, 0) is 22.4 Å². The minimum absolute atomic E-state index is 0.101. The summed E-state index contributed by atoms with van der Waals surface area (Å²) >= 11 is 13.1. The monoisotopic (exact) mass is 744 g/mol. The molecular weight excluding hydrogens is 703 g/mol. The minimum Gasteiger partial charge on any atom is -0.493 e. The van der Waals surface area contributed by atoms with Crippen LogP contribution >= 0.6 is 23.2 Å². The number of fused-ring (bicyclic) bond motifs is 3. The summed E-state index contributed by atoms with van der Waals surface area (Å²) in [5.74, 6) is 1.53. The van der Waals surface area contributed by atoms with Crippen molar-refractivity contribution >= 4 is 41.1 Å². The average molecular weight is 746 g/mol. The Morgan fingerprint density at radius 1 is 0.942 bits per heavy atom. The third kappa shape index (κ3) is 8.46. The van der Waals surface area contributed by atoms with E-state index in [4.69, 9.17) is 42.1 Å². The van der Waals surface area contributed by atoms with Crippen LogP contribution in [0.2, 0.25) is 10.0 Å². The Morgan fingerprint density at radius 2 is 1.69 bits per heavy atom. The molecule has 4 aromatic rings. The molecule has 0 radical (unpaired) electrons. The summed E-state index contributed by atoms with van der Waals surface area (Å²) in [5, 5.41) is 0.747. The molecule has 2 atom stereocenters. The van der Waals surface area contributed by atoms with Crippen molar-refractivity contribution in [3.05, 3.63) is 112 Å². The Labute approximate surface area is 313 Å². The maximum Gasteiger partial charge on any atom is 0.416 e. The van der Waals surface area contributed by atoms with Gasteiger partial charge in [-0.1, -0.05) is 47.5 Å². The average Bonchev–Trinajstić information content (AvgIpc) is 3.69. The van der Waals surface area contributed by atoms with Crippen LogP contribution in [0.3, 0.4) is 0 Å². The molecule has 12 heteroatoms. The van der Waals surface area contributed by atoms with Crippen molar-refractivity contribution in [2.24, 2.45) is 5.92 Å². The molecule has 1 aliphatic carbocycles. The lowest BCUT2D eigenvalue weighted by Crippen LogP contribution is -2.53. The summed E-state index contributed by atoms with van der Waals surface area (Å²) in [5.41, 5.74) is 2.45. The predicted octanol–water partition coefficient (Wildman–Crippen LogP) is 8.49. The third-order valence-corrected chi connectivity index (χ3v) is 10.9. The van der Waals surface area contributed by atoms with Crippen LogP contribution in [0.5, 0.6) is 11.5 Å². The molecule has 8 rings (SSSR count). The fourth-order valence-corrected chi connectivity index (χ4v) is 7.85. The summed E-state index contributed by atoms with van der Waals surface area (Å²) in [6.45, 7) is 3.08. The molecule has 1 amide bonds. The number of benzene rings is 2. The van der Waals surface area contributed by atoms with Crippen molar-refractivity contribution < 1.29 is 28.5 Å². The van der Waals surface area contributed by atoms with Crippen LogP contribution in [-0.4, -0.2) is 65.9 Å². The van der Waals surface area contributed by atoms with Gasteiger partial charge in [-0.15, -0.1) is 0 Å². The van der Waals surface area contributed by atoms with E-state index in [0.717, 1.165) is 63.7 Å². The standard InChI is InChI=1S/C40H42Cl2N4O6/c1-49-34-14-13-29(20-36(34)50-30-6-2-3-7-30)35(21-31-32(41)22-43-23-33(31)42)51-39(47)28-11-9-26(10-12-28)24-46(38-8-4-5-17-44-38)40(48)52-37-25-45-18-15-27(37)16-19-45/h4-5,8-14,17,20,22-23,27,30,35,37H,2-3,6-7,15-16,18-19,21,24-25H2,1H3/t35-,37-/m0/s1. The lowest BCUT2D eigenvalue weighted by Gasteiger charge is -2.44. The van der Waals surface area contributed by atoms with E-state index in [1.165, 1.54) is 17.3 Å². The van der Waals surface area contributed by atoms with E-state index >= 15 is 0 Å². The van der Waals surface area contributed by atoms with Crippen molar-refractivity contribution in [1.29, 1.82) is 0 Å². The van der Waals surface area contributed by atoms with E-state index in [-0.39, 0.29) is 25.2 Å². The van der Waals surface area contributed by atoms with Gasteiger partial charge in [0.1, 0.15) is 18.0 Å². The zero-order valence-electron chi connectivity index (χ0n) is 29.1. The molecule has 10 nitrogen and oxygen atoms in total.